The van der Waals surface area contributed by atoms with E-state index in [1.165, 1.54) is 0 Å². The number of piperazine rings is 1. The third kappa shape index (κ3) is 2.89. The van der Waals surface area contributed by atoms with Crippen LogP contribution in [0.2, 0.25) is 0 Å². The highest BCUT2D eigenvalue weighted by molar-refractivity contribution is 5.92. The molecule has 2 fully saturated rings. The largest absolute Gasteiger partial charge is 0.487 e. The number of amides is 1. The van der Waals surface area contributed by atoms with Gasteiger partial charge in [-0.1, -0.05) is 0 Å². The van der Waals surface area contributed by atoms with Gasteiger partial charge in [0.25, 0.3) is 5.91 Å². The highest BCUT2D eigenvalue weighted by Crippen LogP contribution is 2.26. The Morgan fingerprint density at radius 3 is 2.92 bits per heavy atom. The molecule has 6 heteroatoms. The molecular weight excluding hydrogens is 304 g/mol. The first-order chi connectivity index (χ1) is 11.7. The number of carbonyl (C=O) groups is 1. The number of fused-ring (bicyclic) bond motifs is 1. The maximum atomic E-state index is 12.7. The summed E-state index contributed by atoms with van der Waals surface area (Å²) in [5.74, 6) is 0.942. The van der Waals surface area contributed by atoms with Crippen LogP contribution < -0.4 is 4.74 Å². The molecule has 0 saturated carbocycles. The van der Waals surface area contributed by atoms with Gasteiger partial charge in [0, 0.05) is 58.1 Å². The summed E-state index contributed by atoms with van der Waals surface area (Å²) in [5.41, 5.74) is 0.754. The molecule has 0 aliphatic carbocycles. The van der Waals surface area contributed by atoms with Gasteiger partial charge in [-0.05, 0) is 24.3 Å². The summed E-state index contributed by atoms with van der Waals surface area (Å²) in [6.45, 7) is 3.39. The molecule has 0 bridgehead atoms. The molecule has 0 N–H and O–H groups in total. The van der Waals surface area contributed by atoms with Crippen LogP contribution in [-0.4, -0.2) is 63.6 Å². The van der Waals surface area contributed by atoms with Gasteiger partial charge in [0.2, 0.25) is 0 Å². The highest BCUT2D eigenvalue weighted by atomic mass is 16.5. The van der Waals surface area contributed by atoms with Crippen molar-refractivity contribution in [3.8, 4) is 5.75 Å². The molecule has 2 aliphatic heterocycles. The summed E-state index contributed by atoms with van der Waals surface area (Å²) in [4.78, 5) is 21.2. The third-order valence-corrected chi connectivity index (χ3v) is 4.97. The van der Waals surface area contributed by atoms with Crippen LogP contribution in [0, 0.1) is 0 Å². The average Bonchev–Trinajstić information content (AvgIpc) is 3.19. The summed E-state index contributed by atoms with van der Waals surface area (Å²) in [5, 5.41) is 0. The summed E-state index contributed by atoms with van der Waals surface area (Å²) in [6.07, 6.45) is 6.53. The smallest absolute Gasteiger partial charge is 0.270 e. The Morgan fingerprint density at radius 2 is 2.17 bits per heavy atom. The lowest BCUT2D eigenvalue weighted by Gasteiger charge is -2.37. The van der Waals surface area contributed by atoms with Crippen molar-refractivity contribution in [1.82, 2.24) is 19.4 Å². The molecular formula is C18H22N4O2. The Balaban J connectivity index is 1.39. The zero-order valence-corrected chi connectivity index (χ0v) is 13.8. The van der Waals surface area contributed by atoms with Crippen molar-refractivity contribution in [1.29, 1.82) is 0 Å². The van der Waals surface area contributed by atoms with Gasteiger partial charge >= 0.3 is 0 Å². The number of nitrogens with zero attached hydrogens (tertiary/aromatic N) is 4. The van der Waals surface area contributed by atoms with Crippen LogP contribution in [0.4, 0.5) is 0 Å². The van der Waals surface area contributed by atoms with Crippen molar-refractivity contribution in [2.75, 3.05) is 26.2 Å². The molecule has 2 saturated heterocycles. The topological polar surface area (TPSA) is 50.6 Å². The van der Waals surface area contributed by atoms with E-state index in [0.29, 0.717) is 6.04 Å². The first-order valence-electron chi connectivity index (χ1n) is 8.42. The predicted molar refractivity (Wildman–Crippen MR) is 89.9 cm³/mol. The first-order valence-corrected chi connectivity index (χ1v) is 8.42. The minimum absolute atomic E-state index is 0.124. The van der Waals surface area contributed by atoms with E-state index in [2.05, 4.69) is 9.88 Å². The van der Waals surface area contributed by atoms with Crippen molar-refractivity contribution in [3.05, 3.63) is 48.5 Å². The lowest BCUT2D eigenvalue weighted by Crippen LogP contribution is -2.52. The quantitative estimate of drug-likeness (QED) is 0.855. The molecule has 24 heavy (non-hydrogen) atoms. The molecule has 2 aromatic rings. The Labute approximate surface area is 141 Å². The third-order valence-electron chi connectivity index (χ3n) is 4.97. The Kier molecular flexibility index (Phi) is 3.98. The minimum atomic E-state index is 0.124. The van der Waals surface area contributed by atoms with Crippen LogP contribution in [0.5, 0.6) is 5.75 Å². The lowest BCUT2D eigenvalue weighted by atomic mass is 10.1. The molecule has 4 heterocycles. The van der Waals surface area contributed by atoms with Crippen LogP contribution >= 0.6 is 0 Å². The second-order valence-corrected chi connectivity index (χ2v) is 6.57. The molecule has 2 aliphatic rings. The Bertz CT molecular complexity index is 715. The zero-order chi connectivity index (χ0) is 16.5. The van der Waals surface area contributed by atoms with Crippen LogP contribution in [-0.2, 0) is 7.05 Å². The number of aryl methyl sites for hydroxylation is 1. The van der Waals surface area contributed by atoms with Gasteiger partial charge in [0.15, 0.2) is 0 Å². The molecule has 1 amide bonds. The van der Waals surface area contributed by atoms with Gasteiger partial charge in [-0.3, -0.25) is 14.7 Å². The van der Waals surface area contributed by atoms with Crippen LogP contribution in [0.15, 0.2) is 42.9 Å². The van der Waals surface area contributed by atoms with E-state index in [1.807, 2.05) is 47.0 Å². The summed E-state index contributed by atoms with van der Waals surface area (Å²) >= 11 is 0. The van der Waals surface area contributed by atoms with E-state index in [9.17, 15) is 4.79 Å². The fourth-order valence-corrected chi connectivity index (χ4v) is 3.72. The Morgan fingerprint density at radius 1 is 1.25 bits per heavy atom. The molecule has 0 radical (unpaired) electrons. The predicted octanol–water partition coefficient (Wildman–Crippen LogP) is 1.40. The number of hydrogen-bond acceptors (Lipinski definition) is 4. The Hall–Kier alpha value is -2.34. The lowest BCUT2D eigenvalue weighted by molar-refractivity contribution is 0.0561. The number of ether oxygens (including phenoxy) is 1. The molecule has 4 rings (SSSR count). The number of pyridine rings is 1. The second kappa shape index (κ2) is 6.28. The van der Waals surface area contributed by atoms with Crippen molar-refractivity contribution in [3.63, 3.8) is 0 Å². The molecule has 126 valence electrons. The normalized spacial score (nSPS) is 24.0. The highest BCUT2D eigenvalue weighted by Gasteiger charge is 2.38. The summed E-state index contributed by atoms with van der Waals surface area (Å²) in [7, 11) is 1.91. The van der Waals surface area contributed by atoms with E-state index in [4.69, 9.17) is 4.74 Å². The molecule has 6 nitrogen and oxygen atoms in total. The summed E-state index contributed by atoms with van der Waals surface area (Å²) in [6, 6.07) is 8.01. The monoisotopic (exact) mass is 326 g/mol. The van der Waals surface area contributed by atoms with Crippen molar-refractivity contribution >= 4 is 5.91 Å². The maximum absolute atomic E-state index is 12.7. The molecule has 2 atom stereocenters. The van der Waals surface area contributed by atoms with Gasteiger partial charge in [0.05, 0.1) is 6.20 Å². The van der Waals surface area contributed by atoms with Crippen molar-refractivity contribution < 1.29 is 9.53 Å². The van der Waals surface area contributed by atoms with E-state index in [-0.39, 0.29) is 12.0 Å². The summed E-state index contributed by atoms with van der Waals surface area (Å²) < 4.78 is 7.93. The van der Waals surface area contributed by atoms with E-state index in [0.717, 1.165) is 44.0 Å². The van der Waals surface area contributed by atoms with Gasteiger partial charge < -0.3 is 14.2 Å². The van der Waals surface area contributed by atoms with E-state index in [1.54, 1.807) is 12.4 Å². The standard InChI is InChI=1S/C18H22N4O2/c1-20-7-3-5-17(20)18(23)22-9-8-21-13-16(10-14(21)12-22)24-15-4-2-6-19-11-15/h2-7,11,14,16H,8-10,12-13H2,1H3/t14-,16+/m0/s1. The van der Waals surface area contributed by atoms with Crippen LogP contribution in [0.1, 0.15) is 16.9 Å². The SMILES string of the molecule is Cn1cccc1C(=O)N1CCN2C[C@H](Oc3cccnc3)C[C@H]2C1. The molecule has 0 unspecified atom stereocenters. The van der Waals surface area contributed by atoms with Gasteiger partial charge in [-0.15, -0.1) is 0 Å². The number of hydrogen-bond donors (Lipinski definition) is 0. The first kappa shape index (κ1) is 15.2. The van der Waals surface area contributed by atoms with E-state index >= 15 is 0 Å². The maximum Gasteiger partial charge on any atom is 0.270 e. The van der Waals surface area contributed by atoms with Crippen LogP contribution in [0.3, 0.4) is 0 Å². The molecule has 0 spiro atoms. The van der Waals surface area contributed by atoms with Crippen LogP contribution in [0.25, 0.3) is 0 Å². The van der Waals surface area contributed by atoms with E-state index < -0.39 is 0 Å². The number of aromatic nitrogens is 2. The minimum Gasteiger partial charge on any atom is -0.487 e. The van der Waals surface area contributed by atoms with Gasteiger partial charge in [-0.25, -0.2) is 0 Å². The fraction of sp³-hybridized carbons (Fsp3) is 0.444. The average molecular weight is 326 g/mol. The van der Waals surface area contributed by atoms with Crippen molar-refractivity contribution in [2.45, 2.75) is 18.6 Å². The number of rotatable bonds is 3. The van der Waals surface area contributed by atoms with Gasteiger partial charge in [-0.2, -0.15) is 0 Å². The van der Waals surface area contributed by atoms with Crippen molar-refractivity contribution in [2.24, 2.45) is 7.05 Å². The molecule has 2 aromatic heterocycles. The second-order valence-electron chi connectivity index (χ2n) is 6.57. The van der Waals surface area contributed by atoms with Gasteiger partial charge in [0.1, 0.15) is 17.5 Å². The fourth-order valence-electron chi connectivity index (χ4n) is 3.72. The number of carbonyl (C=O) groups excluding carboxylic acids is 1. The molecule has 0 aromatic carbocycles. The zero-order valence-electron chi connectivity index (χ0n) is 13.8.